The minimum Gasteiger partial charge on any atom is -0.381 e. The summed E-state index contributed by atoms with van der Waals surface area (Å²) in [6.07, 6.45) is 16.4. The Kier molecular flexibility index (Phi) is 6.85. The average molecular weight is 277 g/mol. The summed E-state index contributed by atoms with van der Waals surface area (Å²) in [5.74, 6) is 0.216. The van der Waals surface area contributed by atoms with Crippen LogP contribution in [-0.2, 0) is 9.53 Å². The molecule has 0 saturated carbocycles. The van der Waals surface area contributed by atoms with Crippen molar-refractivity contribution in [1.29, 1.82) is 0 Å². The van der Waals surface area contributed by atoms with Gasteiger partial charge in [-0.15, -0.1) is 0 Å². The van der Waals surface area contributed by atoms with Crippen LogP contribution in [0.25, 0.3) is 0 Å². The van der Waals surface area contributed by atoms with Gasteiger partial charge in [0.05, 0.1) is 0 Å². The van der Waals surface area contributed by atoms with Crippen molar-refractivity contribution in [1.82, 2.24) is 5.32 Å². The first-order chi connectivity index (χ1) is 9.84. The van der Waals surface area contributed by atoms with Crippen LogP contribution in [0.1, 0.15) is 57.8 Å². The molecule has 3 nitrogen and oxygen atoms in total. The van der Waals surface area contributed by atoms with Crippen LogP contribution in [0.4, 0.5) is 0 Å². The van der Waals surface area contributed by atoms with Crippen molar-refractivity contribution in [2.75, 3.05) is 13.2 Å². The Labute approximate surface area is 122 Å². The summed E-state index contributed by atoms with van der Waals surface area (Å²) in [5, 5.41) is 3.12. The summed E-state index contributed by atoms with van der Waals surface area (Å²) in [5.41, 5.74) is 1.47. The lowest BCUT2D eigenvalue weighted by Gasteiger charge is -2.23. The molecule has 1 N–H and O–H groups in total. The number of hydrogen-bond donors (Lipinski definition) is 1. The third kappa shape index (κ3) is 5.91. The van der Waals surface area contributed by atoms with E-state index in [1.807, 2.05) is 0 Å². The van der Waals surface area contributed by atoms with Crippen molar-refractivity contribution in [3.8, 4) is 0 Å². The van der Waals surface area contributed by atoms with Crippen LogP contribution in [0.3, 0.4) is 0 Å². The molecule has 112 valence electrons. The second kappa shape index (κ2) is 8.96. The molecule has 1 aliphatic heterocycles. The highest BCUT2D eigenvalue weighted by Crippen LogP contribution is 2.16. The van der Waals surface area contributed by atoms with E-state index in [2.05, 4.69) is 23.5 Å². The number of unbranched alkanes of at least 4 members (excludes halogenated alkanes) is 2. The molecule has 1 saturated heterocycles. The smallest absolute Gasteiger partial charge is 0.220 e. The standard InChI is InChI=1S/C17H27NO2/c19-17(18-16-11-13-20-14-12-16)10-6-2-5-9-15-7-3-1-4-8-15/h3,7-8,16H,1-2,4-6,9-14H2,(H,18,19). The van der Waals surface area contributed by atoms with Crippen LogP contribution in [0.2, 0.25) is 0 Å². The first-order valence-corrected chi connectivity index (χ1v) is 8.07. The number of hydrogen-bond acceptors (Lipinski definition) is 2. The van der Waals surface area contributed by atoms with Crippen LogP contribution in [-0.4, -0.2) is 25.2 Å². The van der Waals surface area contributed by atoms with E-state index in [0.717, 1.165) is 45.3 Å². The molecule has 20 heavy (non-hydrogen) atoms. The second-order valence-corrected chi connectivity index (χ2v) is 5.77. The van der Waals surface area contributed by atoms with E-state index in [1.165, 1.54) is 24.8 Å². The molecular weight excluding hydrogens is 250 g/mol. The SMILES string of the molecule is O=C(CCCCCC1=CCCC=C1)NC1CCOCC1. The largest absolute Gasteiger partial charge is 0.381 e. The van der Waals surface area contributed by atoms with Crippen molar-refractivity contribution >= 4 is 5.91 Å². The van der Waals surface area contributed by atoms with E-state index in [1.54, 1.807) is 0 Å². The fourth-order valence-electron chi connectivity index (χ4n) is 2.79. The maximum atomic E-state index is 11.8. The van der Waals surface area contributed by atoms with Gasteiger partial charge in [0, 0.05) is 25.7 Å². The zero-order valence-corrected chi connectivity index (χ0v) is 12.4. The highest BCUT2D eigenvalue weighted by Gasteiger charge is 2.15. The van der Waals surface area contributed by atoms with Gasteiger partial charge in [-0.25, -0.2) is 0 Å². The van der Waals surface area contributed by atoms with Crippen molar-refractivity contribution in [3.05, 3.63) is 23.8 Å². The molecule has 0 radical (unpaired) electrons. The summed E-state index contributed by atoms with van der Waals surface area (Å²) < 4.78 is 5.29. The van der Waals surface area contributed by atoms with Gasteiger partial charge in [0.2, 0.25) is 5.91 Å². The fraction of sp³-hybridized carbons (Fsp3) is 0.706. The Balaban J connectivity index is 1.48. The zero-order chi connectivity index (χ0) is 14.0. The number of allylic oxidation sites excluding steroid dienone is 4. The summed E-state index contributed by atoms with van der Waals surface area (Å²) in [6.45, 7) is 1.57. The number of ether oxygens (including phenoxy) is 1. The summed E-state index contributed by atoms with van der Waals surface area (Å²) in [4.78, 5) is 11.8. The van der Waals surface area contributed by atoms with Gasteiger partial charge in [0.1, 0.15) is 0 Å². The van der Waals surface area contributed by atoms with Crippen molar-refractivity contribution < 1.29 is 9.53 Å². The van der Waals surface area contributed by atoms with Gasteiger partial charge in [-0.2, -0.15) is 0 Å². The quantitative estimate of drug-likeness (QED) is 0.723. The van der Waals surface area contributed by atoms with Crippen LogP contribution in [0, 0.1) is 0 Å². The molecule has 1 heterocycles. The predicted octanol–water partition coefficient (Wildman–Crippen LogP) is 3.51. The van der Waals surface area contributed by atoms with E-state index >= 15 is 0 Å². The maximum Gasteiger partial charge on any atom is 0.220 e. The summed E-state index contributed by atoms with van der Waals surface area (Å²) in [7, 11) is 0. The van der Waals surface area contributed by atoms with Gasteiger partial charge in [-0.05, 0) is 44.9 Å². The van der Waals surface area contributed by atoms with E-state index in [4.69, 9.17) is 4.74 Å². The van der Waals surface area contributed by atoms with Crippen molar-refractivity contribution in [3.63, 3.8) is 0 Å². The maximum absolute atomic E-state index is 11.8. The number of rotatable bonds is 7. The van der Waals surface area contributed by atoms with Crippen molar-refractivity contribution in [2.24, 2.45) is 0 Å². The number of carbonyl (C=O) groups is 1. The molecule has 3 heteroatoms. The molecular formula is C17H27NO2. The number of carbonyl (C=O) groups excluding carboxylic acids is 1. The molecule has 0 aromatic heterocycles. The number of amides is 1. The molecule has 0 atom stereocenters. The highest BCUT2D eigenvalue weighted by atomic mass is 16.5. The first-order valence-electron chi connectivity index (χ1n) is 8.07. The van der Waals surface area contributed by atoms with Crippen LogP contribution < -0.4 is 5.32 Å². The normalized spacial score (nSPS) is 19.7. The molecule has 0 aromatic carbocycles. The molecule has 1 amide bonds. The topological polar surface area (TPSA) is 38.3 Å². The molecule has 2 rings (SSSR count). The van der Waals surface area contributed by atoms with E-state index < -0.39 is 0 Å². The Bertz CT molecular complexity index is 354. The lowest BCUT2D eigenvalue weighted by Crippen LogP contribution is -2.38. The third-order valence-electron chi connectivity index (χ3n) is 4.03. The Morgan fingerprint density at radius 1 is 1.20 bits per heavy atom. The van der Waals surface area contributed by atoms with Crippen LogP contribution in [0.5, 0.6) is 0 Å². The van der Waals surface area contributed by atoms with Gasteiger partial charge in [-0.3, -0.25) is 4.79 Å². The van der Waals surface area contributed by atoms with Crippen LogP contribution >= 0.6 is 0 Å². The average Bonchev–Trinajstić information content (AvgIpc) is 2.49. The molecule has 0 unspecified atom stereocenters. The fourth-order valence-corrected chi connectivity index (χ4v) is 2.79. The first kappa shape index (κ1) is 15.3. The lowest BCUT2D eigenvalue weighted by atomic mass is 10.0. The van der Waals surface area contributed by atoms with E-state index in [9.17, 15) is 4.79 Å². The van der Waals surface area contributed by atoms with Gasteiger partial charge in [0.25, 0.3) is 0 Å². The Morgan fingerprint density at radius 3 is 2.80 bits per heavy atom. The molecule has 0 spiro atoms. The zero-order valence-electron chi connectivity index (χ0n) is 12.4. The van der Waals surface area contributed by atoms with Crippen molar-refractivity contribution in [2.45, 2.75) is 63.8 Å². The second-order valence-electron chi connectivity index (χ2n) is 5.77. The molecule has 1 fully saturated rings. The highest BCUT2D eigenvalue weighted by molar-refractivity contribution is 5.76. The van der Waals surface area contributed by atoms with Gasteiger partial charge < -0.3 is 10.1 Å². The predicted molar refractivity (Wildman–Crippen MR) is 81.5 cm³/mol. The van der Waals surface area contributed by atoms with E-state index in [0.29, 0.717) is 12.5 Å². The van der Waals surface area contributed by atoms with Crippen LogP contribution in [0.15, 0.2) is 23.8 Å². The van der Waals surface area contributed by atoms with E-state index in [-0.39, 0.29) is 5.91 Å². The minimum absolute atomic E-state index is 0.216. The molecule has 0 bridgehead atoms. The Morgan fingerprint density at radius 2 is 2.05 bits per heavy atom. The summed E-state index contributed by atoms with van der Waals surface area (Å²) in [6, 6.07) is 0.341. The summed E-state index contributed by atoms with van der Waals surface area (Å²) >= 11 is 0. The minimum atomic E-state index is 0.216. The Hall–Kier alpha value is -1.09. The lowest BCUT2D eigenvalue weighted by molar-refractivity contribution is -0.122. The third-order valence-corrected chi connectivity index (χ3v) is 4.03. The molecule has 1 aliphatic carbocycles. The van der Waals surface area contributed by atoms with Gasteiger partial charge >= 0.3 is 0 Å². The van der Waals surface area contributed by atoms with Gasteiger partial charge in [-0.1, -0.05) is 30.2 Å². The molecule has 2 aliphatic rings. The monoisotopic (exact) mass is 277 g/mol. The molecule has 0 aromatic rings. The number of nitrogens with one attached hydrogen (secondary N) is 1. The van der Waals surface area contributed by atoms with Gasteiger partial charge in [0.15, 0.2) is 0 Å².